The lowest BCUT2D eigenvalue weighted by atomic mass is 9.75. The number of hydrogen-bond acceptors (Lipinski definition) is 0. The number of halogens is 4. The van der Waals surface area contributed by atoms with E-state index in [9.17, 15) is 17.3 Å². The van der Waals surface area contributed by atoms with Gasteiger partial charge < -0.3 is 12.9 Å². The molecule has 1 aromatic rings. The molecule has 1 saturated carbocycles. The molecule has 2 rings (SSSR count). The fourth-order valence-electron chi connectivity index (χ4n) is 1.65. The van der Waals surface area contributed by atoms with Gasteiger partial charge in [0.05, 0.1) is 5.82 Å². The van der Waals surface area contributed by atoms with E-state index in [1.807, 2.05) is 0 Å². The zero-order valence-electron chi connectivity index (χ0n) is 7.31. The van der Waals surface area contributed by atoms with Crippen LogP contribution in [0.4, 0.5) is 17.3 Å². The molecule has 0 radical (unpaired) electrons. The maximum atomic E-state index is 13.0. The van der Waals surface area contributed by atoms with E-state index >= 15 is 0 Å². The Kier molecular flexibility index (Phi) is 2.05. The van der Waals surface area contributed by atoms with Gasteiger partial charge in [-0.1, -0.05) is 23.2 Å². The minimum absolute atomic E-state index is 0.0794. The Labute approximate surface area is 79.0 Å². The standard InChI is InChI=1S/C9H8BF4/c11-8-3-1-2-7(6-4-5-6)9(8)10(12,13)14/h1-3,6H,4-5H2/q-1. The van der Waals surface area contributed by atoms with Crippen LogP contribution in [0, 0.1) is 5.82 Å². The molecule has 0 heterocycles. The Morgan fingerprint density at radius 2 is 1.79 bits per heavy atom. The van der Waals surface area contributed by atoms with Crippen LogP contribution >= 0.6 is 0 Å². The van der Waals surface area contributed by atoms with Gasteiger partial charge in [-0.25, -0.2) is 4.39 Å². The van der Waals surface area contributed by atoms with Gasteiger partial charge in [-0.15, -0.1) is 0 Å². The Morgan fingerprint density at radius 1 is 1.14 bits per heavy atom. The van der Waals surface area contributed by atoms with Crippen molar-refractivity contribution in [2.75, 3.05) is 0 Å². The van der Waals surface area contributed by atoms with Crippen molar-refractivity contribution in [1.82, 2.24) is 0 Å². The van der Waals surface area contributed by atoms with Gasteiger partial charge in [-0.05, 0) is 24.8 Å². The second-order valence-corrected chi connectivity index (χ2v) is 3.59. The molecule has 0 saturated heterocycles. The first-order chi connectivity index (χ1) is 6.50. The van der Waals surface area contributed by atoms with Crippen LogP contribution in [0.15, 0.2) is 18.2 Å². The molecule has 14 heavy (non-hydrogen) atoms. The van der Waals surface area contributed by atoms with E-state index in [4.69, 9.17) is 0 Å². The maximum Gasteiger partial charge on any atom is 0.512 e. The van der Waals surface area contributed by atoms with Gasteiger partial charge in [0.2, 0.25) is 0 Å². The van der Waals surface area contributed by atoms with Crippen molar-refractivity contribution in [3.05, 3.63) is 29.6 Å². The minimum atomic E-state index is -5.23. The van der Waals surface area contributed by atoms with Crippen molar-refractivity contribution in [2.24, 2.45) is 0 Å². The molecule has 0 spiro atoms. The molecule has 0 nitrogen and oxygen atoms in total. The fraction of sp³-hybridized carbons (Fsp3) is 0.333. The lowest BCUT2D eigenvalue weighted by Crippen LogP contribution is -2.39. The molecule has 1 aliphatic carbocycles. The molecule has 1 fully saturated rings. The van der Waals surface area contributed by atoms with Crippen molar-refractivity contribution in [1.29, 1.82) is 0 Å². The van der Waals surface area contributed by atoms with Gasteiger partial charge in [0.1, 0.15) is 0 Å². The van der Waals surface area contributed by atoms with Crippen molar-refractivity contribution in [2.45, 2.75) is 18.8 Å². The van der Waals surface area contributed by atoms with Gasteiger partial charge in [-0.2, -0.15) is 0 Å². The summed E-state index contributed by atoms with van der Waals surface area (Å²) in [7, 11) is 0. The van der Waals surface area contributed by atoms with Crippen molar-refractivity contribution in [3.63, 3.8) is 0 Å². The zero-order valence-corrected chi connectivity index (χ0v) is 7.31. The van der Waals surface area contributed by atoms with E-state index < -0.39 is 18.3 Å². The summed E-state index contributed by atoms with van der Waals surface area (Å²) >= 11 is 0. The Hall–Kier alpha value is -0.995. The molecule has 0 atom stereocenters. The zero-order chi connectivity index (χ0) is 10.3. The molecule has 0 bridgehead atoms. The van der Waals surface area contributed by atoms with Gasteiger partial charge >= 0.3 is 6.98 Å². The maximum absolute atomic E-state index is 13.0. The minimum Gasteiger partial charge on any atom is -0.445 e. The normalized spacial score (nSPS) is 17.1. The second-order valence-electron chi connectivity index (χ2n) is 3.59. The van der Waals surface area contributed by atoms with E-state index in [2.05, 4.69) is 0 Å². The van der Waals surface area contributed by atoms with Crippen LogP contribution in [0.2, 0.25) is 0 Å². The van der Waals surface area contributed by atoms with Crippen LogP contribution in [0.1, 0.15) is 24.3 Å². The van der Waals surface area contributed by atoms with Crippen LogP contribution in [0.3, 0.4) is 0 Å². The molecule has 1 aliphatic rings. The molecule has 0 unspecified atom stereocenters. The predicted octanol–water partition coefficient (Wildman–Crippen LogP) is 2.76. The Balaban J connectivity index is 2.53. The van der Waals surface area contributed by atoms with Crippen LogP contribution in [-0.2, 0) is 0 Å². The third-order valence-corrected chi connectivity index (χ3v) is 2.43. The highest BCUT2D eigenvalue weighted by atomic mass is 19.4. The second kappa shape index (κ2) is 3.00. The third-order valence-electron chi connectivity index (χ3n) is 2.43. The van der Waals surface area contributed by atoms with Crippen LogP contribution in [0.5, 0.6) is 0 Å². The summed E-state index contributed by atoms with van der Waals surface area (Å²) in [6, 6.07) is 3.59. The summed E-state index contributed by atoms with van der Waals surface area (Å²) in [5.74, 6) is -1.22. The van der Waals surface area contributed by atoms with E-state index in [-0.39, 0.29) is 11.5 Å². The smallest absolute Gasteiger partial charge is 0.445 e. The lowest BCUT2D eigenvalue weighted by Gasteiger charge is -2.20. The lowest BCUT2D eigenvalue weighted by molar-refractivity contribution is 0.493. The molecule has 1 aromatic carbocycles. The van der Waals surface area contributed by atoms with Crippen LogP contribution in [0.25, 0.3) is 0 Å². The number of hydrogen-bond donors (Lipinski definition) is 0. The van der Waals surface area contributed by atoms with Gasteiger partial charge in [0, 0.05) is 0 Å². The van der Waals surface area contributed by atoms with Crippen molar-refractivity contribution < 1.29 is 17.3 Å². The summed E-state index contributed by atoms with van der Waals surface area (Å²) in [6.07, 6.45) is 1.48. The van der Waals surface area contributed by atoms with E-state index in [0.29, 0.717) is 0 Å². The monoisotopic (exact) mass is 203 g/mol. The highest BCUT2D eigenvalue weighted by molar-refractivity contribution is 6.74. The van der Waals surface area contributed by atoms with Crippen molar-refractivity contribution in [3.8, 4) is 0 Å². The van der Waals surface area contributed by atoms with Gasteiger partial charge in [-0.3, -0.25) is 0 Å². The molecule has 0 aliphatic heterocycles. The Morgan fingerprint density at radius 3 is 2.29 bits per heavy atom. The third kappa shape index (κ3) is 1.63. The quantitative estimate of drug-likeness (QED) is 0.512. The van der Waals surface area contributed by atoms with Gasteiger partial charge in [0.15, 0.2) is 0 Å². The van der Waals surface area contributed by atoms with E-state index in [1.54, 1.807) is 0 Å². The Bertz CT molecular complexity index is 354. The number of rotatable bonds is 2. The molecule has 5 heteroatoms. The molecule has 76 valence electrons. The average Bonchev–Trinajstić information content (AvgIpc) is 2.83. The summed E-state index contributed by atoms with van der Waals surface area (Å²) in [5.41, 5.74) is -0.882. The average molecular weight is 203 g/mol. The predicted molar refractivity (Wildman–Crippen MR) is 47.1 cm³/mol. The van der Waals surface area contributed by atoms with E-state index in [1.165, 1.54) is 12.1 Å². The van der Waals surface area contributed by atoms with Crippen molar-refractivity contribution >= 4 is 12.4 Å². The first-order valence-corrected chi connectivity index (χ1v) is 4.48. The first kappa shape index (κ1) is 9.56. The molecule has 0 aromatic heterocycles. The summed E-state index contributed by atoms with van der Waals surface area (Å²) < 4.78 is 50.6. The molecular formula is C9H8BF4-. The largest absolute Gasteiger partial charge is 0.512 e. The molecule has 0 N–H and O–H groups in total. The summed E-state index contributed by atoms with van der Waals surface area (Å²) in [6.45, 7) is -5.23. The van der Waals surface area contributed by atoms with Crippen LogP contribution < -0.4 is 5.46 Å². The topological polar surface area (TPSA) is 0 Å². The van der Waals surface area contributed by atoms with Crippen LogP contribution in [-0.4, -0.2) is 6.98 Å². The number of benzene rings is 1. The first-order valence-electron chi connectivity index (χ1n) is 4.48. The SMILES string of the molecule is Fc1cccc(C2CC2)c1[B-](F)(F)F. The summed E-state index contributed by atoms with van der Waals surface area (Å²) in [4.78, 5) is 0. The highest BCUT2D eigenvalue weighted by Crippen LogP contribution is 2.40. The molecule has 0 amide bonds. The molecular weight excluding hydrogens is 195 g/mol. The van der Waals surface area contributed by atoms with E-state index in [0.717, 1.165) is 18.9 Å². The fourth-order valence-corrected chi connectivity index (χ4v) is 1.65. The highest BCUT2D eigenvalue weighted by Gasteiger charge is 2.36. The summed E-state index contributed by atoms with van der Waals surface area (Å²) in [5, 5.41) is 0. The van der Waals surface area contributed by atoms with Gasteiger partial charge in [0.25, 0.3) is 0 Å².